The van der Waals surface area contributed by atoms with Crippen LogP contribution in [0.2, 0.25) is 0 Å². The molecule has 0 aliphatic carbocycles. The van der Waals surface area contributed by atoms with Gasteiger partial charge in [-0.2, -0.15) is 0 Å². The van der Waals surface area contributed by atoms with Gasteiger partial charge in [-0.05, 0) is 69.9 Å². The van der Waals surface area contributed by atoms with Crippen molar-refractivity contribution in [2.24, 2.45) is 0 Å². The molecule has 4 rings (SSSR count). The van der Waals surface area contributed by atoms with Gasteiger partial charge < -0.3 is 24.7 Å². The molecule has 0 radical (unpaired) electrons. The van der Waals surface area contributed by atoms with Gasteiger partial charge in [0.1, 0.15) is 0 Å². The number of aryl methyl sites for hydroxylation is 2. The lowest BCUT2D eigenvalue weighted by atomic mass is 9.98. The molecular weight excluding hydrogens is 480 g/mol. The number of anilines is 1. The fraction of sp³-hybridized carbons (Fsp3) is 0.533. The van der Waals surface area contributed by atoms with Crippen molar-refractivity contribution in [3.05, 3.63) is 62.1 Å². The van der Waals surface area contributed by atoms with Crippen LogP contribution in [0.3, 0.4) is 0 Å². The molecular formula is C30H40N4O4. The normalized spacial score (nSPS) is 16.5. The molecule has 0 spiro atoms. The number of nitrogens with zero attached hydrogens (tertiary/aromatic N) is 2. The highest BCUT2D eigenvalue weighted by Gasteiger charge is 2.24. The number of aromatic nitrogens is 1. The summed E-state index contributed by atoms with van der Waals surface area (Å²) >= 11 is 0. The summed E-state index contributed by atoms with van der Waals surface area (Å²) < 4.78 is 11.0. The van der Waals surface area contributed by atoms with Gasteiger partial charge in [-0.15, -0.1) is 0 Å². The van der Waals surface area contributed by atoms with E-state index in [-0.39, 0.29) is 18.0 Å². The van der Waals surface area contributed by atoms with E-state index in [1.807, 2.05) is 32.9 Å². The van der Waals surface area contributed by atoms with Crippen LogP contribution < -0.4 is 15.8 Å². The quantitative estimate of drug-likeness (QED) is 0.546. The third kappa shape index (κ3) is 6.84. The van der Waals surface area contributed by atoms with E-state index in [9.17, 15) is 9.59 Å². The van der Waals surface area contributed by atoms with Gasteiger partial charge in [0.2, 0.25) is 0 Å². The van der Waals surface area contributed by atoms with Crippen molar-refractivity contribution >= 4 is 11.6 Å². The molecule has 2 aromatic rings. The number of nitrogens with one attached hydrogen (secondary N) is 2. The standard InChI is InChI=1S/C30H40N4O4/c1-5-34(25-8-13-37-14-9-25)28-19-24(7-6-10-33-11-15-38-16-12-33)18-26(23(28)4)29(35)31-20-27-21(2)17-22(3)32-30(27)36/h17-19,25H,5,8-16,20H2,1-4H3,(H,31,35)(H,32,36). The minimum absolute atomic E-state index is 0.166. The summed E-state index contributed by atoms with van der Waals surface area (Å²) in [5.41, 5.74) is 5.43. The van der Waals surface area contributed by atoms with Crippen LogP contribution in [0.4, 0.5) is 5.69 Å². The number of hydrogen-bond acceptors (Lipinski definition) is 6. The van der Waals surface area contributed by atoms with Gasteiger partial charge in [0.25, 0.3) is 11.5 Å². The Labute approximate surface area is 225 Å². The molecule has 1 aromatic carbocycles. The number of H-pyrrole nitrogens is 1. The second kappa shape index (κ2) is 13.1. The van der Waals surface area contributed by atoms with Crippen molar-refractivity contribution in [2.45, 2.75) is 53.1 Å². The van der Waals surface area contributed by atoms with Crippen molar-refractivity contribution in [3.63, 3.8) is 0 Å². The minimum Gasteiger partial charge on any atom is -0.381 e. The summed E-state index contributed by atoms with van der Waals surface area (Å²) in [6, 6.07) is 6.27. The van der Waals surface area contributed by atoms with E-state index in [0.29, 0.717) is 23.7 Å². The van der Waals surface area contributed by atoms with E-state index in [2.05, 4.69) is 44.9 Å². The number of rotatable bonds is 7. The molecule has 3 heterocycles. The highest BCUT2D eigenvalue weighted by molar-refractivity contribution is 5.97. The number of hydrogen-bond donors (Lipinski definition) is 2. The zero-order valence-corrected chi connectivity index (χ0v) is 23.1. The molecule has 1 aromatic heterocycles. The molecule has 2 fully saturated rings. The average molecular weight is 521 g/mol. The molecule has 0 unspecified atom stereocenters. The van der Waals surface area contributed by atoms with Crippen molar-refractivity contribution in [1.82, 2.24) is 15.2 Å². The van der Waals surface area contributed by atoms with E-state index in [1.54, 1.807) is 0 Å². The van der Waals surface area contributed by atoms with Crippen LogP contribution >= 0.6 is 0 Å². The van der Waals surface area contributed by atoms with E-state index in [0.717, 1.165) is 87.0 Å². The summed E-state index contributed by atoms with van der Waals surface area (Å²) in [7, 11) is 0. The Morgan fingerprint density at radius 2 is 1.82 bits per heavy atom. The molecule has 0 bridgehead atoms. The maximum atomic E-state index is 13.5. The summed E-state index contributed by atoms with van der Waals surface area (Å²) in [4.78, 5) is 33.5. The van der Waals surface area contributed by atoms with Crippen molar-refractivity contribution in [1.29, 1.82) is 0 Å². The monoisotopic (exact) mass is 520 g/mol. The number of carbonyl (C=O) groups excluding carboxylic acids is 1. The molecule has 2 aliphatic heterocycles. The highest BCUT2D eigenvalue weighted by atomic mass is 16.5. The maximum Gasteiger partial charge on any atom is 0.253 e. The average Bonchev–Trinajstić information content (AvgIpc) is 2.91. The number of morpholine rings is 1. The molecule has 8 nitrogen and oxygen atoms in total. The third-order valence-electron chi connectivity index (χ3n) is 7.47. The van der Waals surface area contributed by atoms with Crippen molar-refractivity contribution < 1.29 is 14.3 Å². The first-order valence-corrected chi connectivity index (χ1v) is 13.6. The molecule has 0 saturated carbocycles. The molecule has 204 valence electrons. The zero-order chi connectivity index (χ0) is 27.1. The first kappa shape index (κ1) is 27.9. The lowest BCUT2D eigenvalue weighted by molar-refractivity contribution is 0.0443. The van der Waals surface area contributed by atoms with Crippen LogP contribution in [0.15, 0.2) is 23.0 Å². The predicted molar refractivity (Wildman–Crippen MR) is 150 cm³/mol. The van der Waals surface area contributed by atoms with Crippen LogP contribution in [0, 0.1) is 32.6 Å². The van der Waals surface area contributed by atoms with Gasteiger partial charge in [-0.3, -0.25) is 14.5 Å². The summed E-state index contributed by atoms with van der Waals surface area (Å²) in [6.07, 6.45) is 1.91. The molecule has 8 heteroatoms. The van der Waals surface area contributed by atoms with E-state index in [1.165, 1.54) is 0 Å². The number of carbonyl (C=O) groups is 1. The molecule has 2 N–H and O–H groups in total. The number of benzene rings is 1. The summed E-state index contributed by atoms with van der Waals surface area (Å²) in [6.45, 7) is 14.3. The lowest BCUT2D eigenvalue weighted by Gasteiger charge is -2.36. The van der Waals surface area contributed by atoms with Gasteiger partial charge in [0.15, 0.2) is 0 Å². The first-order chi connectivity index (χ1) is 18.4. The summed E-state index contributed by atoms with van der Waals surface area (Å²) in [5, 5.41) is 2.99. The van der Waals surface area contributed by atoms with Crippen LogP contribution in [0.1, 0.15) is 58.1 Å². The van der Waals surface area contributed by atoms with Gasteiger partial charge in [-0.1, -0.05) is 11.8 Å². The zero-order valence-electron chi connectivity index (χ0n) is 23.1. The van der Waals surface area contributed by atoms with Gasteiger partial charge >= 0.3 is 0 Å². The maximum absolute atomic E-state index is 13.5. The SMILES string of the molecule is CCN(c1cc(C#CCN2CCOCC2)cc(C(=O)NCc2c(C)cc(C)[nH]c2=O)c1C)C1CCOCC1. The Morgan fingerprint density at radius 3 is 2.50 bits per heavy atom. The van der Waals surface area contributed by atoms with E-state index < -0.39 is 0 Å². The fourth-order valence-corrected chi connectivity index (χ4v) is 5.31. The molecule has 1 amide bonds. The van der Waals surface area contributed by atoms with E-state index in [4.69, 9.17) is 9.47 Å². The minimum atomic E-state index is -0.206. The second-order valence-electron chi connectivity index (χ2n) is 10.1. The molecule has 38 heavy (non-hydrogen) atoms. The van der Waals surface area contributed by atoms with Crippen LogP contribution in [-0.4, -0.2) is 74.4 Å². The van der Waals surface area contributed by atoms with Crippen molar-refractivity contribution in [3.8, 4) is 11.8 Å². The summed E-state index contributed by atoms with van der Waals surface area (Å²) in [5.74, 6) is 6.41. The number of ether oxygens (including phenoxy) is 2. The van der Waals surface area contributed by atoms with Gasteiger partial charge in [0, 0.05) is 73.5 Å². The topological polar surface area (TPSA) is 86.9 Å². The number of aromatic amines is 1. The highest BCUT2D eigenvalue weighted by Crippen LogP contribution is 2.30. The first-order valence-electron chi connectivity index (χ1n) is 13.6. The van der Waals surface area contributed by atoms with Gasteiger partial charge in [0.05, 0.1) is 19.8 Å². The molecule has 2 aliphatic rings. The Balaban J connectivity index is 1.63. The van der Waals surface area contributed by atoms with E-state index >= 15 is 0 Å². The second-order valence-corrected chi connectivity index (χ2v) is 10.1. The van der Waals surface area contributed by atoms with Crippen LogP contribution in [-0.2, 0) is 16.0 Å². The Hall–Kier alpha value is -3.12. The van der Waals surface area contributed by atoms with Crippen LogP contribution in [0.5, 0.6) is 0 Å². The predicted octanol–water partition coefficient (Wildman–Crippen LogP) is 2.92. The lowest BCUT2D eigenvalue weighted by Crippen LogP contribution is -2.40. The molecule has 0 atom stereocenters. The largest absolute Gasteiger partial charge is 0.381 e. The Bertz CT molecular complexity index is 1250. The Kier molecular flexibility index (Phi) is 9.62. The molecule has 2 saturated heterocycles. The van der Waals surface area contributed by atoms with Gasteiger partial charge in [-0.25, -0.2) is 0 Å². The van der Waals surface area contributed by atoms with Crippen molar-refractivity contribution in [2.75, 3.05) is 57.5 Å². The number of pyridine rings is 1. The third-order valence-corrected chi connectivity index (χ3v) is 7.47. The number of amides is 1. The van der Waals surface area contributed by atoms with Crippen LogP contribution in [0.25, 0.3) is 0 Å². The Morgan fingerprint density at radius 1 is 1.11 bits per heavy atom. The fourth-order valence-electron chi connectivity index (χ4n) is 5.31. The smallest absolute Gasteiger partial charge is 0.253 e.